The molecule has 0 aliphatic heterocycles. The summed E-state index contributed by atoms with van der Waals surface area (Å²) in [4.78, 5) is 29.8. The minimum Gasteiger partial charge on any atom is -0.497 e. The van der Waals surface area contributed by atoms with Crippen LogP contribution in [-0.4, -0.2) is 64.2 Å². The first kappa shape index (κ1) is 33.8. The molecule has 1 aliphatic carbocycles. The Morgan fingerprint density at radius 1 is 0.867 bits per heavy atom. The van der Waals surface area contributed by atoms with Gasteiger partial charge in [0.25, 0.3) is 0 Å². The quantitative estimate of drug-likeness (QED) is 0.242. The van der Waals surface area contributed by atoms with E-state index in [1.54, 1.807) is 43.4 Å². The van der Waals surface area contributed by atoms with Crippen LogP contribution in [-0.2, 0) is 32.6 Å². The highest BCUT2D eigenvalue weighted by atomic mass is 32.2. The fourth-order valence-corrected chi connectivity index (χ4v) is 6.78. The van der Waals surface area contributed by atoms with E-state index in [0.29, 0.717) is 23.6 Å². The summed E-state index contributed by atoms with van der Waals surface area (Å²) in [5, 5.41) is 3.25. The Balaban J connectivity index is 1.59. The molecule has 1 N–H and O–H groups in total. The number of hydrogen-bond acceptors (Lipinski definition) is 6. The van der Waals surface area contributed by atoms with Crippen molar-refractivity contribution in [3.8, 4) is 11.5 Å². The maximum absolute atomic E-state index is 14.1. The van der Waals surface area contributed by atoms with Crippen molar-refractivity contribution in [3.05, 3.63) is 90.0 Å². The van der Waals surface area contributed by atoms with Crippen LogP contribution in [0.2, 0.25) is 0 Å². The third-order valence-electron chi connectivity index (χ3n) is 8.22. The Morgan fingerprint density at radius 2 is 1.53 bits per heavy atom. The van der Waals surface area contributed by atoms with Gasteiger partial charge in [0.2, 0.25) is 21.8 Å². The van der Waals surface area contributed by atoms with Crippen molar-refractivity contribution in [3.63, 3.8) is 0 Å². The van der Waals surface area contributed by atoms with Gasteiger partial charge in [-0.15, -0.1) is 0 Å². The molecule has 0 heterocycles. The lowest BCUT2D eigenvalue weighted by Gasteiger charge is -2.34. The van der Waals surface area contributed by atoms with E-state index >= 15 is 0 Å². The van der Waals surface area contributed by atoms with Crippen LogP contribution >= 0.6 is 0 Å². The molecule has 0 radical (unpaired) electrons. The van der Waals surface area contributed by atoms with Gasteiger partial charge >= 0.3 is 0 Å². The molecule has 3 aromatic carbocycles. The normalized spacial score (nSPS) is 14.3. The molecule has 2 amide bonds. The van der Waals surface area contributed by atoms with E-state index in [0.717, 1.165) is 43.1 Å². The largest absolute Gasteiger partial charge is 0.497 e. The van der Waals surface area contributed by atoms with E-state index in [-0.39, 0.29) is 43.8 Å². The number of carbonyl (C=O) groups excluding carboxylic acids is 2. The molecular weight excluding hydrogens is 590 g/mol. The lowest BCUT2D eigenvalue weighted by molar-refractivity contribution is -0.141. The van der Waals surface area contributed by atoms with Gasteiger partial charge < -0.3 is 19.7 Å². The van der Waals surface area contributed by atoms with Crippen LogP contribution < -0.4 is 19.1 Å². The van der Waals surface area contributed by atoms with Crippen LogP contribution in [0.25, 0.3) is 0 Å². The summed E-state index contributed by atoms with van der Waals surface area (Å²) in [6.07, 6.45) is 7.03. The third kappa shape index (κ3) is 9.97. The zero-order valence-corrected chi connectivity index (χ0v) is 27.3. The molecule has 0 spiro atoms. The first-order valence-electron chi connectivity index (χ1n) is 15.6. The van der Waals surface area contributed by atoms with Gasteiger partial charge in [0, 0.05) is 32.0 Å². The Bertz CT molecular complexity index is 1490. The van der Waals surface area contributed by atoms with Gasteiger partial charge in [0.1, 0.15) is 17.5 Å². The van der Waals surface area contributed by atoms with Crippen molar-refractivity contribution in [1.82, 2.24) is 10.2 Å². The number of methoxy groups -OCH3 is 2. The summed E-state index contributed by atoms with van der Waals surface area (Å²) in [6, 6.07) is 23.3. The van der Waals surface area contributed by atoms with Crippen LogP contribution in [0, 0.1) is 0 Å². The summed E-state index contributed by atoms with van der Waals surface area (Å²) < 4.78 is 37.4. The van der Waals surface area contributed by atoms with Gasteiger partial charge in [-0.05, 0) is 66.8 Å². The minimum atomic E-state index is -3.61. The lowest BCUT2D eigenvalue weighted by atomic mass is 9.94. The molecule has 0 saturated heterocycles. The second-order valence-electron chi connectivity index (χ2n) is 11.6. The van der Waals surface area contributed by atoms with E-state index in [2.05, 4.69) is 5.32 Å². The van der Waals surface area contributed by atoms with Crippen molar-refractivity contribution < 1.29 is 27.5 Å². The van der Waals surface area contributed by atoms with Gasteiger partial charge in [0.05, 0.1) is 26.2 Å². The molecule has 45 heavy (non-hydrogen) atoms. The van der Waals surface area contributed by atoms with Crippen molar-refractivity contribution >= 4 is 27.5 Å². The van der Waals surface area contributed by atoms with Crippen molar-refractivity contribution in [2.45, 2.75) is 70.0 Å². The molecule has 1 atom stereocenters. The first-order valence-corrected chi connectivity index (χ1v) is 17.4. The molecule has 0 aromatic heterocycles. The Labute approximate surface area is 267 Å². The van der Waals surface area contributed by atoms with Crippen LogP contribution in [0.15, 0.2) is 78.9 Å². The summed E-state index contributed by atoms with van der Waals surface area (Å²) in [6.45, 7) is 0.321. The predicted molar refractivity (Wildman–Crippen MR) is 177 cm³/mol. The zero-order valence-electron chi connectivity index (χ0n) is 26.5. The summed E-state index contributed by atoms with van der Waals surface area (Å²) in [5.74, 6) is 0.889. The number of anilines is 1. The highest BCUT2D eigenvalue weighted by Gasteiger charge is 2.32. The van der Waals surface area contributed by atoms with Crippen LogP contribution in [0.3, 0.4) is 0 Å². The number of amides is 2. The fraction of sp³-hybridized carbons (Fsp3) is 0.429. The standard InChI is InChI=1S/C35H45N3O6S/c1-43-31-21-19-30(20-22-31)38(45(3,41)42)23-11-18-34(39)37(26-28-14-10-17-32(24-28)44-2)33(25-27-12-6-4-7-13-27)35(40)36-29-15-8-5-9-16-29/h4,6-7,10,12-14,17,19-22,24,29,33H,5,8-9,11,15-16,18,23,25-26H2,1-3H3,(H,36,40)/t33-/m1/s1. The average Bonchev–Trinajstić information content (AvgIpc) is 3.05. The van der Waals surface area contributed by atoms with E-state index < -0.39 is 16.1 Å². The molecule has 9 nitrogen and oxygen atoms in total. The van der Waals surface area contributed by atoms with E-state index in [4.69, 9.17) is 9.47 Å². The first-order chi connectivity index (χ1) is 21.7. The topological polar surface area (TPSA) is 105 Å². The maximum Gasteiger partial charge on any atom is 0.243 e. The van der Waals surface area contributed by atoms with Gasteiger partial charge in [-0.3, -0.25) is 13.9 Å². The van der Waals surface area contributed by atoms with Crippen LogP contribution in [0.4, 0.5) is 5.69 Å². The maximum atomic E-state index is 14.1. The van der Waals surface area contributed by atoms with E-state index in [9.17, 15) is 18.0 Å². The van der Waals surface area contributed by atoms with Crippen LogP contribution in [0.5, 0.6) is 11.5 Å². The Hall–Kier alpha value is -4.05. The van der Waals surface area contributed by atoms with Crippen LogP contribution in [0.1, 0.15) is 56.1 Å². The number of ether oxygens (including phenoxy) is 2. The molecular formula is C35H45N3O6S. The van der Waals surface area contributed by atoms with Crippen molar-refractivity contribution in [2.24, 2.45) is 0 Å². The number of hydrogen-bond donors (Lipinski definition) is 1. The molecule has 1 aliphatic rings. The number of carbonyl (C=O) groups is 2. The molecule has 0 unspecified atom stereocenters. The monoisotopic (exact) mass is 635 g/mol. The SMILES string of the molecule is COc1ccc(N(CCCC(=O)N(Cc2cccc(OC)c2)[C@H](Cc2ccccc2)C(=O)NC2CCCCC2)S(C)(=O)=O)cc1. The molecule has 242 valence electrons. The number of rotatable bonds is 15. The molecule has 4 rings (SSSR count). The number of benzene rings is 3. The second-order valence-corrected chi connectivity index (χ2v) is 13.5. The predicted octanol–water partition coefficient (Wildman–Crippen LogP) is 5.34. The molecule has 10 heteroatoms. The highest BCUT2D eigenvalue weighted by molar-refractivity contribution is 7.92. The summed E-state index contributed by atoms with van der Waals surface area (Å²) >= 11 is 0. The second kappa shape index (κ2) is 16.3. The minimum absolute atomic E-state index is 0.0636. The Morgan fingerprint density at radius 3 is 2.18 bits per heavy atom. The third-order valence-corrected chi connectivity index (χ3v) is 9.42. The average molecular weight is 636 g/mol. The molecule has 3 aromatic rings. The fourth-order valence-electron chi connectivity index (χ4n) is 5.82. The summed E-state index contributed by atoms with van der Waals surface area (Å²) in [7, 11) is -0.469. The van der Waals surface area contributed by atoms with Gasteiger partial charge in [-0.1, -0.05) is 61.7 Å². The number of nitrogens with one attached hydrogen (secondary N) is 1. The van der Waals surface area contributed by atoms with Crippen molar-refractivity contribution in [2.75, 3.05) is 31.3 Å². The molecule has 0 bridgehead atoms. The molecule has 1 saturated carbocycles. The highest BCUT2D eigenvalue weighted by Crippen LogP contribution is 2.24. The van der Waals surface area contributed by atoms with Gasteiger partial charge in [0.15, 0.2) is 0 Å². The van der Waals surface area contributed by atoms with E-state index in [1.807, 2.05) is 54.6 Å². The summed E-state index contributed by atoms with van der Waals surface area (Å²) in [5.41, 5.74) is 2.28. The smallest absolute Gasteiger partial charge is 0.243 e. The lowest BCUT2D eigenvalue weighted by Crippen LogP contribution is -2.52. The van der Waals surface area contributed by atoms with Gasteiger partial charge in [-0.2, -0.15) is 0 Å². The van der Waals surface area contributed by atoms with Gasteiger partial charge in [-0.25, -0.2) is 8.42 Å². The zero-order chi connectivity index (χ0) is 32.2. The number of nitrogens with zero attached hydrogens (tertiary/aromatic N) is 2. The van der Waals surface area contributed by atoms with Crippen molar-refractivity contribution in [1.29, 1.82) is 0 Å². The van der Waals surface area contributed by atoms with E-state index in [1.165, 1.54) is 10.7 Å². The molecule has 1 fully saturated rings. The number of sulfonamides is 1. The Kier molecular flexibility index (Phi) is 12.3.